The van der Waals surface area contributed by atoms with Gasteiger partial charge in [-0.15, -0.1) is 0 Å². The van der Waals surface area contributed by atoms with Crippen LogP contribution >= 0.6 is 11.6 Å². The molecule has 0 saturated carbocycles. The average molecular weight is 320 g/mol. The number of anilines is 1. The van der Waals surface area contributed by atoms with Crippen LogP contribution in [0, 0.1) is 6.92 Å². The molecule has 0 radical (unpaired) electrons. The molecule has 116 valence electrons. The minimum atomic E-state index is -1.10. The lowest BCUT2D eigenvalue weighted by molar-refractivity contribution is -0.305. The number of nitrogens with one attached hydrogen (secondary N) is 1. The second kappa shape index (κ2) is 7.13. The fourth-order valence-electron chi connectivity index (χ4n) is 2.01. The number of aliphatic carboxylic acids is 1. The number of furan rings is 1. The first-order valence-corrected chi connectivity index (χ1v) is 7.19. The molecule has 22 heavy (non-hydrogen) atoms. The Morgan fingerprint density at radius 1 is 1.41 bits per heavy atom. The van der Waals surface area contributed by atoms with Gasteiger partial charge in [0.2, 0.25) is 0 Å². The van der Waals surface area contributed by atoms with Gasteiger partial charge in [0.05, 0.1) is 16.4 Å². The lowest BCUT2D eigenvalue weighted by Crippen LogP contribution is -2.22. The fourth-order valence-corrected chi connectivity index (χ4v) is 2.19. The average Bonchev–Trinajstić information content (AvgIpc) is 2.85. The van der Waals surface area contributed by atoms with Crippen molar-refractivity contribution in [1.82, 2.24) is 0 Å². The number of para-hydroxylation sites is 1. The van der Waals surface area contributed by atoms with Gasteiger partial charge in [0.25, 0.3) is 0 Å². The second-order valence-electron chi connectivity index (χ2n) is 4.84. The molecule has 0 fully saturated rings. The molecule has 0 spiro atoms. The number of carboxylic acid groups (broad SMARTS) is 1. The third-order valence-electron chi connectivity index (χ3n) is 3.15. The maximum atomic E-state index is 10.5. The summed E-state index contributed by atoms with van der Waals surface area (Å²) in [5, 5.41) is 15.4. The van der Waals surface area contributed by atoms with E-state index in [0.29, 0.717) is 28.7 Å². The molecule has 1 aromatic heterocycles. The molecule has 6 heteroatoms. The Bertz CT molecular complexity index is 707. The zero-order valence-corrected chi connectivity index (χ0v) is 13.1. The van der Waals surface area contributed by atoms with E-state index in [9.17, 15) is 9.90 Å². The highest BCUT2D eigenvalue weighted by Gasteiger charge is 2.10. The highest BCUT2D eigenvalue weighted by Crippen LogP contribution is 2.21. The molecule has 0 saturated heterocycles. The zero-order valence-electron chi connectivity index (χ0n) is 12.4. The van der Waals surface area contributed by atoms with Crippen LogP contribution in [0.4, 0.5) is 5.69 Å². The summed E-state index contributed by atoms with van der Waals surface area (Å²) in [6.07, 6.45) is 0.231. The first-order chi connectivity index (χ1) is 10.5. The van der Waals surface area contributed by atoms with Crippen LogP contribution in [0.25, 0.3) is 0 Å². The summed E-state index contributed by atoms with van der Waals surface area (Å²) in [5.41, 5.74) is 5.17. The summed E-state index contributed by atoms with van der Waals surface area (Å²) in [4.78, 5) is 10.5. The van der Waals surface area contributed by atoms with E-state index < -0.39 is 5.97 Å². The number of carboxylic acids is 1. The lowest BCUT2D eigenvalue weighted by atomic mass is 10.1. The summed E-state index contributed by atoms with van der Waals surface area (Å²) in [5.74, 6) is 0.195. The number of hydrogen-bond donors (Lipinski definition) is 1. The number of carbonyl (C=O) groups is 1. The van der Waals surface area contributed by atoms with E-state index in [2.05, 4.69) is 10.5 Å². The van der Waals surface area contributed by atoms with Gasteiger partial charge in [0.15, 0.2) is 0 Å². The molecule has 1 heterocycles. The van der Waals surface area contributed by atoms with E-state index in [1.54, 1.807) is 12.1 Å². The number of hydrazone groups is 1. The summed E-state index contributed by atoms with van der Waals surface area (Å²) < 4.78 is 5.54. The number of hydrogen-bond acceptors (Lipinski definition) is 5. The minimum Gasteiger partial charge on any atom is -0.550 e. The zero-order chi connectivity index (χ0) is 16.1. The monoisotopic (exact) mass is 319 g/mol. The molecule has 0 aliphatic rings. The predicted octanol–water partition coefficient (Wildman–Crippen LogP) is 2.76. The highest BCUT2D eigenvalue weighted by atomic mass is 35.5. The van der Waals surface area contributed by atoms with Crippen molar-refractivity contribution in [1.29, 1.82) is 0 Å². The highest BCUT2D eigenvalue weighted by molar-refractivity contribution is 6.33. The first kappa shape index (κ1) is 16.1. The second-order valence-corrected chi connectivity index (χ2v) is 5.25. The molecule has 0 aliphatic carbocycles. The maximum absolute atomic E-state index is 10.5. The summed E-state index contributed by atoms with van der Waals surface area (Å²) >= 11 is 6.05. The van der Waals surface area contributed by atoms with E-state index in [1.165, 1.54) is 0 Å². The topological polar surface area (TPSA) is 77.7 Å². The molecule has 0 unspecified atom stereocenters. The van der Waals surface area contributed by atoms with Crippen LogP contribution in [-0.4, -0.2) is 11.7 Å². The minimum absolute atomic E-state index is 0.0690. The number of nitrogens with zero attached hydrogens (tertiary/aromatic N) is 1. The third kappa shape index (κ3) is 4.11. The van der Waals surface area contributed by atoms with Gasteiger partial charge in [0.1, 0.15) is 11.5 Å². The largest absolute Gasteiger partial charge is 0.550 e. The Morgan fingerprint density at radius 3 is 2.82 bits per heavy atom. The van der Waals surface area contributed by atoms with Crippen LogP contribution in [-0.2, 0) is 11.2 Å². The van der Waals surface area contributed by atoms with Crippen molar-refractivity contribution < 1.29 is 14.3 Å². The van der Waals surface area contributed by atoms with Crippen LogP contribution in [0.2, 0.25) is 5.02 Å². The van der Waals surface area contributed by atoms with Gasteiger partial charge in [-0.25, -0.2) is 0 Å². The predicted molar refractivity (Wildman–Crippen MR) is 84.1 cm³/mol. The maximum Gasteiger partial charge on any atom is 0.110 e. The SMILES string of the molecule is C/C(=N/Nc1ccccc1Cl)c1cc(CCC(=O)[O-])oc1C. The van der Waals surface area contributed by atoms with E-state index in [-0.39, 0.29) is 6.42 Å². The van der Waals surface area contributed by atoms with E-state index in [1.807, 2.05) is 32.0 Å². The number of carbonyl (C=O) groups excluding carboxylic acids is 1. The molecule has 1 N–H and O–H groups in total. The number of rotatable bonds is 6. The Hall–Kier alpha value is -2.27. The summed E-state index contributed by atoms with van der Waals surface area (Å²) in [6, 6.07) is 9.10. The van der Waals surface area contributed by atoms with Crippen molar-refractivity contribution in [2.24, 2.45) is 5.10 Å². The molecule has 0 aliphatic heterocycles. The quantitative estimate of drug-likeness (QED) is 0.656. The number of benzene rings is 1. The molecular formula is C16H16ClN2O3-. The molecule has 5 nitrogen and oxygen atoms in total. The molecule has 1 aromatic carbocycles. The molecule has 0 amide bonds. The Balaban J connectivity index is 2.11. The van der Waals surface area contributed by atoms with Gasteiger partial charge < -0.3 is 14.3 Å². The van der Waals surface area contributed by atoms with Crippen molar-refractivity contribution in [3.63, 3.8) is 0 Å². The smallest absolute Gasteiger partial charge is 0.110 e. The normalized spacial score (nSPS) is 11.5. The van der Waals surface area contributed by atoms with Crippen LogP contribution in [0.5, 0.6) is 0 Å². The Kier molecular flexibility index (Phi) is 5.22. The van der Waals surface area contributed by atoms with Crippen molar-refractivity contribution in [2.45, 2.75) is 26.7 Å². The van der Waals surface area contributed by atoms with Gasteiger partial charge in [-0.1, -0.05) is 23.7 Å². The fraction of sp³-hybridized carbons (Fsp3) is 0.250. The van der Waals surface area contributed by atoms with E-state index >= 15 is 0 Å². The summed E-state index contributed by atoms with van der Waals surface area (Å²) in [6.45, 7) is 3.65. The third-order valence-corrected chi connectivity index (χ3v) is 3.48. The van der Waals surface area contributed by atoms with Gasteiger partial charge in [-0.2, -0.15) is 5.10 Å². The van der Waals surface area contributed by atoms with Crippen LogP contribution in [0.3, 0.4) is 0 Å². The van der Waals surface area contributed by atoms with Gasteiger partial charge in [-0.3, -0.25) is 5.43 Å². The number of halogens is 1. The standard InChI is InChI=1S/C16H17ClN2O3/c1-10(18-19-15-6-4-3-5-14(15)17)13-9-12(22-11(13)2)7-8-16(20)21/h3-6,9,19H,7-8H2,1-2H3,(H,20,21)/p-1/b18-10-. The Morgan fingerprint density at radius 2 is 2.14 bits per heavy atom. The molecule has 0 atom stereocenters. The summed E-state index contributed by atoms with van der Waals surface area (Å²) in [7, 11) is 0. The molecule has 2 rings (SSSR count). The first-order valence-electron chi connectivity index (χ1n) is 6.81. The van der Waals surface area contributed by atoms with Gasteiger partial charge in [-0.05, 0) is 38.5 Å². The lowest BCUT2D eigenvalue weighted by Gasteiger charge is -2.04. The van der Waals surface area contributed by atoms with Crippen LogP contribution < -0.4 is 10.5 Å². The van der Waals surface area contributed by atoms with Gasteiger partial charge in [0, 0.05) is 18.0 Å². The van der Waals surface area contributed by atoms with Crippen LogP contribution in [0.1, 0.15) is 30.4 Å². The van der Waals surface area contributed by atoms with Crippen molar-refractivity contribution in [2.75, 3.05) is 5.43 Å². The Labute approximate surface area is 133 Å². The van der Waals surface area contributed by atoms with E-state index in [4.69, 9.17) is 16.0 Å². The molecular weight excluding hydrogens is 304 g/mol. The molecule has 0 bridgehead atoms. The van der Waals surface area contributed by atoms with Crippen molar-refractivity contribution in [3.05, 3.63) is 52.4 Å². The van der Waals surface area contributed by atoms with Crippen LogP contribution in [0.15, 0.2) is 39.9 Å². The van der Waals surface area contributed by atoms with E-state index in [0.717, 1.165) is 11.3 Å². The van der Waals surface area contributed by atoms with Crippen molar-refractivity contribution >= 4 is 29.0 Å². The number of aryl methyl sites for hydroxylation is 2. The van der Waals surface area contributed by atoms with Gasteiger partial charge >= 0.3 is 0 Å². The molecule has 2 aromatic rings. The van der Waals surface area contributed by atoms with Crippen molar-refractivity contribution in [3.8, 4) is 0 Å².